The number of carboxylic acid groups (broad SMARTS) is 1. The number of nitrogens with one attached hydrogen (secondary N) is 1. The van der Waals surface area contributed by atoms with Crippen molar-refractivity contribution in [2.45, 2.75) is 38.7 Å². The second-order valence-corrected chi connectivity index (χ2v) is 7.01. The summed E-state index contributed by atoms with van der Waals surface area (Å²) in [5, 5.41) is 11.6. The third kappa shape index (κ3) is 6.98. The van der Waals surface area contributed by atoms with Gasteiger partial charge in [0.05, 0.1) is 5.56 Å². The number of alkyl carbamates (subject to hydrolysis) is 1. The third-order valence-electron chi connectivity index (χ3n) is 4.12. The molecule has 1 amide bonds. The molecule has 0 saturated carbocycles. The van der Waals surface area contributed by atoms with Gasteiger partial charge in [0.1, 0.15) is 12.4 Å². The van der Waals surface area contributed by atoms with Crippen molar-refractivity contribution in [3.05, 3.63) is 65.2 Å². The maximum atomic E-state index is 12.5. The lowest BCUT2D eigenvalue weighted by Crippen LogP contribution is -2.37. The number of benzene rings is 2. The normalized spacial score (nSPS) is 11.6. The van der Waals surface area contributed by atoms with Crippen LogP contribution in [0.3, 0.4) is 0 Å². The highest BCUT2D eigenvalue weighted by molar-refractivity contribution is 5.76. The first-order valence-electron chi connectivity index (χ1n) is 9.05. The monoisotopic (exact) mass is 425 g/mol. The fraction of sp³-hybridized carbons (Fsp3) is 0.333. The molecule has 0 spiro atoms. The maximum absolute atomic E-state index is 12.5. The molecule has 162 valence electrons. The number of carbonyl (C=O) groups excluding carboxylic acids is 1. The topological polar surface area (TPSA) is 84.9 Å². The number of halogens is 3. The van der Waals surface area contributed by atoms with Gasteiger partial charge in [-0.15, -0.1) is 0 Å². The Morgan fingerprint density at radius 1 is 1.03 bits per heavy atom. The Balaban J connectivity index is 1.78. The highest BCUT2D eigenvalue weighted by atomic mass is 19.4. The molecule has 0 aliphatic heterocycles. The van der Waals surface area contributed by atoms with Gasteiger partial charge in [0.2, 0.25) is 0 Å². The van der Waals surface area contributed by atoms with Crippen molar-refractivity contribution in [3.8, 4) is 5.75 Å². The van der Waals surface area contributed by atoms with Gasteiger partial charge in [0, 0.05) is 6.54 Å². The molecule has 0 aliphatic carbocycles. The van der Waals surface area contributed by atoms with Gasteiger partial charge in [-0.05, 0) is 55.7 Å². The van der Waals surface area contributed by atoms with E-state index in [1.54, 1.807) is 24.3 Å². The number of amides is 1. The molecule has 9 heteroatoms. The quantitative estimate of drug-likeness (QED) is 0.654. The predicted molar refractivity (Wildman–Crippen MR) is 102 cm³/mol. The standard InChI is InChI=1S/C21H22F3NO5/c1-20(2,18(26)27)30-17-5-3-4-15(12-17)13-29-19(28)25-11-10-14-6-8-16(9-7-14)21(22,23)24/h3-9,12H,10-11,13H2,1-2H3,(H,25,28)(H,26,27). The van der Waals surface area contributed by atoms with Crippen molar-refractivity contribution in [3.63, 3.8) is 0 Å². The largest absolute Gasteiger partial charge is 0.478 e. The molecule has 0 aromatic heterocycles. The Bertz CT molecular complexity index is 879. The van der Waals surface area contributed by atoms with Gasteiger partial charge in [-0.3, -0.25) is 0 Å². The number of alkyl halides is 3. The molecule has 0 saturated heterocycles. The predicted octanol–water partition coefficient (Wildman–Crippen LogP) is 4.42. The second-order valence-electron chi connectivity index (χ2n) is 7.01. The number of carbonyl (C=O) groups is 2. The van der Waals surface area contributed by atoms with Crippen LogP contribution in [0.25, 0.3) is 0 Å². The average Bonchev–Trinajstić information content (AvgIpc) is 2.66. The van der Waals surface area contributed by atoms with Crippen molar-refractivity contribution in [2.24, 2.45) is 0 Å². The molecule has 0 unspecified atom stereocenters. The van der Waals surface area contributed by atoms with Gasteiger partial charge in [0.25, 0.3) is 0 Å². The minimum atomic E-state index is -4.38. The van der Waals surface area contributed by atoms with Gasteiger partial charge in [-0.2, -0.15) is 13.2 Å². The molecule has 6 nitrogen and oxygen atoms in total. The van der Waals surface area contributed by atoms with E-state index in [0.29, 0.717) is 23.3 Å². The summed E-state index contributed by atoms with van der Waals surface area (Å²) in [6, 6.07) is 11.2. The van der Waals surface area contributed by atoms with Crippen LogP contribution >= 0.6 is 0 Å². The summed E-state index contributed by atoms with van der Waals surface area (Å²) in [5.41, 5.74) is -0.882. The Morgan fingerprint density at radius 2 is 1.70 bits per heavy atom. The van der Waals surface area contributed by atoms with E-state index in [4.69, 9.17) is 14.6 Å². The SMILES string of the molecule is CC(C)(Oc1cccc(COC(=O)NCCc2ccc(C(F)(F)F)cc2)c1)C(=O)O. The molecule has 2 N–H and O–H groups in total. The van der Waals surface area contributed by atoms with Gasteiger partial charge in [-0.25, -0.2) is 9.59 Å². The van der Waals surface area contributed by atoms with Crippen molar-refractivity contribution in [1.29, 1.82) is 0 Å². The fourth-order valence-electron chi connectivity index (χ4n) is 2.41. The van der Waals surface area contributed by atoms with Crippen LogP contribution in [0.1, 0.15) is 30.5 Å². The molecule has 0 aliphatic rings. The van der Waals surface area contributed by atoms with E-state index in [0.717, 1.165) is 12.1 Å². The smallest absolute Gasteiger partial charge is 0.416 e. The molecule has 0 atom stereocenters. The number of ether oxygens (including phenoxy) is 2. The first-order chi connectivity index (χ1) is 14.0. The first-order valence-corrected chi connectivity index (χ1v) is 9.05. The second kappa shape index (κ2) is 9.51. The zero-order chi connectivity index (χ0) is 22.4. The van der Waals surface area contributed by atoms with Crippen LogP contribution in [0.4, 0.5) is 18.0 Å². The van der Waals surface area contributed by atoms with Crippen LogP contribution in [-0.4, -0.2) is 29.3 Å². The Labute approximate surface area is 171 Å². The molecule has 0 radical (unpaired) electrons. The molecule has 30 heavy (non-hydrogen) atoms. The van der Waals surface area contributed by atoms with Gasteiger partial charge < -0.3 is 19.9 Å². The lowest BCUT2D eigenvalue weighted by molar-refractivity contribution is -0.152. The van der Waals surface area contributed by atoms with Crippen LogP contribution in [0.2, 0.25) is 0 Å². The highest BCUT2D eigenvalue weighted by Crippen LogP contribution is 2.29. The maximum Gasteiger partial charge on any atom is 0.416 e. The molecule has 0 fully saturated rings. The lowest BCUT2D eigenvalue weighted by atomic mass is 10.1. The Morgan fingerprint density at radius 3 is 2.30 bits per heavy atom. The highest BCUT2D eigenvalue weighted by Gasteiger charge is 2.30. The summed E-state index contributed by atoms with van der Waals surface area (Å²) >= 11 is 0. The van der Waals surface area contributed by atoms with Crippen molar-refractivity contribution in [2.75, 3.05) is 6.54 Å². The molecule has 0 bridgehead atoms. The number of hydrogen-bond donors (Lipinski definition) is 2. The van der Waals surface area contributed by atoms with Gasteiger partial charge in [0.15, 0.2) is 5.60 Å². The molecular weight excluding hydrogens is 403 g/mol. The van der Waals surface area contributed by atoms with Gasteiger partial charge >= 0.3 is 18.2 Å². The van der Waals surface area contributed by atoms with E-state index >= 15 is 0 Å². The van der Waals surface area contributed by atoms with Crippen molar-refractivity contribution >= 4 is 12.1 Å². The van der Waals surface area contributed by atoms with E-state index in [1.807, 2.05) is 0 Å². The summed E-state index contributed by atoms with van der Waals surface area (Å²) in [6.07, 6.45) is -4.72. The van der Waals surface area contributed by atoms with Gasteiger partial charge in [-0.1, -0.05) is 24.3 Å². The van der Waals surface area contributed by atoms with Crippen LogP contribution in [0, 0.1) is 0 Å². The number of aliphatic carboxylic acids is 1. The lowest BCUT2D eigenvalue weighted by Gasteiger charge is -2.21. The zero-order valence-electron chi connectivity index (χ0n) is 16.5. The summed E-state index contributed by atoms with van der Waals surface area (Å²) in [4.78, 5) is 22.9. The minimum absolute atomic E-state index is 0.0587. The Hall–Kier alpha value is -3.23. The summed E-state index contributed by atoms with van der Waals surface area (Å²) in [5.74, 6) is -0.789. The van der Waals surface area contributed by atoms with E-state index in [1.165, 1.54) is 26.0 Å². The average molecular weight is 425 g/mol. The van der Waals surface area contributed by atoms with Crippen LogP contribution < -0.4 is 10.1 Å². The van der Waals surface area contributed by atoms with Crippen molar-refractivity contribution < 1.29 is 37.3 Å². The Kier molecular flexibility index (Phi) is 7.31. The molecule has 2 aromatic rings. The van der Waals surface area contributed by atoms with E-state index in [9.17, 15) is 22.8 Å². The fourth-order valence-corrected chi connectivity index (χ4v) is 2.41. The molecule has 0 heterocycles. The third-order valence-corrected chi connectivity index (χ3v) is 4.12. The number of rotatable bonds is 8. The van der Waals surface area contributed by atoms with E-state index in [2.05, 4.69) is 5.32 Å². The summed E-state index contributed by atoms with van der Waals surface area (Å²) in [7, 11) is 0. The number of hydrogen-bond acceptors (Lipinski definition) is 4. The molecule has 2 aromatic carbocycles. The zero-order valence-corrected chi connectivity index (χ0v) is 16.5. The minimum Gasteiger partial charge on any atom is -0.478 e. The summed E-state index contributed by atoms with van der Waals surface area (Å²) < 4.78 is 48.1. The number of carboxylic acids is 1. The van der Waals surface area contributed by atoms with E-state index in [-0.39, 0.29) is 13.2 Å². The van der Waals surface area contributed by atoms with Crippen molar-refractivity contribution in [1.82, 2.24) is 5.32 Å². The molecule has 2 rings (SSSR count). The summed E-state index contributed by atoms with van der Waals surface area (Å²) in [6.45, 7) is 2.97. The molecular formula is C21H22F3NO5. The first kappa shape index (κ1) is 23.1. The van der Waals surface area contributed by atoms with Crippen LogP contribution in [0.5, 0.6) is 5.75 Å². The van der Waals surface area contributed by atoms with Crippen LogP contribution in [-0.2, 0) is 28.7 Å². The van der Waals surface area contributed by atoms with Crippen LogP contribution in [0.15, 0.2) is 48.5 Å². The van der Waals surface area contributed by atoms with E-state index < -0.39 is 29.4 Å².